The summed E-state index contributed by atoms with van der Waals surface area (Å²) in [6.45, 7) is 3.79. The van der Waals surface area contributed by atoms with Crippen molar-refractivity contribution in [3.63, 3.8) is 0 Å². The van der Waals surface area contributed by atoms with Crippen LogP contribution < -0.4 is 0 Å². The molecule has 0 spiro atoms. The standard InChI is InChI=1S/C18H21N5O/c1-13-5-7-14(8-6-13)18-20-17(24-21-18)12-23-9-3-4-16(23)15-10-19-22(2)11-15/h5-8,10-11,16H,3-4,9,12H2,1-2H3/t16-/m1/s1. The van der Waals surface area contributed by atoms with Crippen LogP contribution in [0.4, 0.5) is 0 Å². The zero-order valence-corrected chi connectivity index (χ0v) is 14.0. The van der Waals surface area contributed by atoms with Crippen LogP contribution in [0, 0.1) is 6.92 Å². The van der Waals surface area contributed by atoms with E-state index in [9.17, 15) is 0 Å². The first-order chi connectivity index (χ1) is 11.7. The number of likely N-dealkylation sites (tertiary alicyclic amines) is 1. The molecule has 6 nitrogen and oxygen atoms in total. The molecule has 0 aliphatic carbocycles. The van der Waals surface area contributed by atoms with Crippen molar-refractivity contribution in [2.45, 2.75) is 32.4 Å². The molecule has 0 radical (unpaired) electrons. The number of hydrogen-bond acceptors (Lipinski definition) is 5. The van der Waals surface area contributed by atoms with Crippen LogP contribution in [0.1, 0.15) is 35.9 Å². The summed E-state index contributed by atoms with van der Waals surface area (Å²) in [4.78, 5) is 6.96. The highest BCUT2D eigenvalue weighted by Crippen LogP contribution is 2.32. The van der Waals surface area contributed by atoms with Crippen LogP contribution >= 0.6 is 0 Å². The molecule has 1 saturated heterocycles. The lowest BCUT2D eigenvalue weighted by atomic mass is 10.1. The van der Waals surface area contributed by atoms with Gasteiger partial charge in [-0.2, -0.15) is 10.1 Å². The Morgan fingerprint density at radius 3 is 2.83 bits per heavy atom. The van der Waals surface area contributed by atoms with E-state index in [2.05, 4.69) is 45.4 Å². The summed E-state index contributed by atoms with van der Waals surface area (Å²) in [6, 6.07) is 8.55. The van der Waals surface area contributed by atoms with Crippen LogP contribution in [0.3, 0.4) is 0 Å². The van der Waals surface area contributed by atoms with Crippen LogP contribution in [0.5, 0.6) is 0 Å². The van der Waals surface area contributed by atoms with Crippen molar-refractivity contribution in [1.82, 2.24) is 24.8 Å². The predicted molar refractivity (Wildman–Crippen MR) is 90.1 cm³/mol. The first kappa shape index (κ1) is 15.1. The van der Waals surface area contributed by atoms with E-state index in [4.69, 9.17) is 4.52 Å². The van der Waals surface area contributed by atoms with Crippen LogP contribution in [-0.4, -0.2) is 31.4 Å². The summed E-state index contributed by atoms with van der Waals surface area (Å²) in [7, 11) is 1.95. The number of hydrogen-bond donors (Lipinski definition) is 0. The molecule has 24 heavy (non-hydrogen) atoms. The Labute approximate surface area is 141 Å². The average Bonchev–Trinajstić information content (AvgIpc) is 3.30. The van der Waals surface area contributed by atoms with Gasteiger partial charge in [0.25, 0.3) is 0 Å². The Bertz CT molecular complexity index is 820. The highest BCUT2D eigenvalue weighted by molar-refractivity contribution is 5.54. The lowest BCUT2D eigenvalue weighted by molar-refractivity contribution is 0.212. The van der Waals surface area contributed by atoms with E-state index in [-0.39, 0.29) is 0 Å². The largest absolute Gasteiger partial charge is 0.338 e. The van der Waals surface area contributed by atoms with E-state index in [0.717, 1.165) is 18.5 Å². The lowest BCUT2D eigenvalue weighted by Gasteiger charge is -2.21. The van der Waals surface area contributed by atoms with E-state index in [1.165, 1.54) is 17.5 Å². The lowest BCUT2D eigenvalue weighted by Crippen LogP contribution is -2.22. The van der Waals surface area contributed by atoms with Crippen molar-refractivity contribution in [3.8, 4) is 11.4 Å². The smallest absolute Gasteiger partial charge is 0.241 e. The summed E-state index contributed by atoms with van der Waals surface area (Å²) in [5.74, 6) is 1.32. The van der Waals surface area contributed by atoms with Gasteiger partial charge in [0.05, 0.1) is 12.7 Å². The Morgan fingerprint density at radius 2 is 2.08 bits per heavy atom. The van der Waals surface area contributed by atoms with Crippen LogP contribution in [-0.2, 0) is 13.6 Å². The van der Waals surface area contributed by atoms with Gasteiger partial charge in [-0.15, -0.1) is 0 Å². The maximum absolute atomic E-state index is 5.48. The SMILES string of the molecule is Cc1ccc(-c2noc(CN3CCC[C@@H]3c3cnn(C)c3)n2)cc1. The highest BCUT2D eigenvalue weighted by atomic mass is 16.5. The fourth-order valence-electron chi connectivity index (χ4n) is 3.32. The topological polar surface area (TPSA) is 60.0 Å². The van der Waals surface area contributed by atoms with Crippen molar-refractivity contribution in [1.29, 1.82) is 0 Å². The molecule has 4 rings (SSSR count). The first-order valence-electron chi connectivity index (χ1n) is 8.31. The Kier molecular flexibility index (Phi) is 3.90. The van der Waals surface area contributed by atoms with Crippen molar-refractivity contribution >= 4 is 0 Å². The second-order valence-electron chi connectivity index (χ2n) is 6.45. The highest BCUT2D eigenvalue weighted by Gasteiger charge is 2.28. The van der Waals surface area contributed by atoms with Gasteiger partial charge >= 0.3 is 0 Å². The van der Waals surface area contributed by atoms with Gasteiger partial charge in [0.1, 0.15) is 0 Å². The summed E-state index contributed by atoms with van der Waals surface area (Å²) in [5, 5.41) is 8.42. The molecule has 0 bridgehead atoms. The van der Waals surface area contributed by atoms with Gasteiger partial charge in [0.15, 0.2) is 0 Å². The number of aryl methyl sites for hydroxylation is 2. The summed E-state index contributed by atoms with van der Waals surface area (Å²) >= 11 is 0. The van der Waals surface area contributed by atoms with Crippen molar-refractivity contribution in [2.24, 2.45) is 7.05 Å². The molecule has 1 aromatic carbocycles. The Balaban J connectivity index is 1.50. The van der Waals surface area contributed by atoms with Gasteiger partial charge in [0, 0.05) is 30.4 Å². The maximum atomic E-state index is 5.48. The van der Waals surface area contributed by atoms with Gasteiger partial charge in [-0.3, -0.25) is 9.58 Å². The first-order valence-corrected chi connectivity index (χ1v) is 8.31. The average molecular weight is 323 g/mol. The van der Waals surface area contributed by atoms with Crippen molar-refractivity contribution < 1.29 is 4.52 Å². The van der Waals surface area contributed by atoms with E-state index >= 15 is 0 Å². The molecular formula is C18H21N5O. The second kappa shape index (κ2) is 6.20. The number of benzene rings is 1. The molecular weight excluding hydrogens is 302 g/mol. The van der Waals surface area contributed by atoms with Gasteiger partial charge in [0.2, 0.25) is 11.7 Å². The van der Waals surface area contributed by atoms with E-state index in [1.807, 2.05) is 30.1 Å². The third-order valence-corrected chi connectivity index (χ3v) is 4.59. The number of aromatic nitrogens is 4. The molecule has 0 N–H and O–H groups in total. The molecule has 1 aliphatic rings. The molecule has 3 heterocycles. The molecule has 2 aromatic heterocycles. The van der Waals surface area contributed by atoms with E-state index in [1.54, 1.807) is 0 Å². The molecule has 124 valence electrons. The van der Waals surface area contributed by atoms with Gasteiger partial charge in [-0.25, -0.2) is 0 Å². The Hall–Kier alpha value is -2.47. The van der Waals surface area contributed by atoms with Crippen molar-refractivity contribution in [2.75, 3.05) is 6.54 Å². The maximum Gasteiger partial charge on any atom is 0.241 e. The number of rotatable bonds is 4. The fraction of sp³-hybridized carbons (Fsp3) is 0.389. The summed E-state index contributed by atoms with van der Waals surface area (Å²) < 4.78 is 7.33. The van der Waals surface area contributed by atoms with Crippen LogP contribution in [0.2, 0.25) is 0 Å². The minimum atomic E-state index is 0.383. The predicted octanol–water partition coefficient (Wildman–Crippen LogP) is 3.12. The minimum Gasteiger partial charge on any atom is -0.338 e. The second-order valence-corrected chi connectivity index (χ2v) is 6.45. The molecule has 0 saturated carbocycles. The molecule has 0 amide bonds. The molecule has 1 fully saturated rings. The monoisotopic (exact) mass is 323 g/mol. The molecule has 1 aliphatic heterocycles. The zero-order valence-electron chi connectivity index (χ0n) is 14.0. The van der Waals surface area contributed by atoms with Gasteiger partial charge in [-0.05, 0) is 26.3 Å². The quantitative estimate of drug-likeness (QED) is 0.738. The Morgan fingerprint density at radius 1 is 1.25 bits per heavy atom. The third-order valence-electron chi connectivity index (χ3n) is 4.59. The normalized spacial score (nSPS) is 18.3. The van der Waals surface area contributed by atoms with Gasteiger partial charge < -0.3 is 4.52 Å². The fourth-order valence-corrected chi connectivity index (χ4v) is 3.32. The summed E-state index contributed by atoms with van der Waals surface area (Å²) in [5.41, 5.74) is 3.47. The molecule has 0 unspecified atom stereocenters. The molecule has 3 aromatic rings. The molecule has 6 heteroatoms. The van der Waals surface area contributed by atoms with Crippen molar-refractivity contribution in [3.05, 3.63) is 53.7 Å². The van der Waals surface area contributed by atoms with Gasteiger partial charge in [-0.1, -0.05) is 35.0 Å². The molecule has 1 atom stereocenters. The number of nitrogens with zero attached hydrogens (tertiary/aromatic N) is 5. The summed E-state index contributed by atoms with van der Waals surface area (Å²) in [6.07, 6.45) is 6.37. The minimum absolute atomic E-state index is 0.383. The third kappa shape index (κ3) is 2.97. The van der Waals surface area contributed by atoms with E-state index in [0.29, 0.717) is 24.3 Å². The van der Waals surface area contributed by atoms with Crippen LogP contribution in [0.15, 0.2) is 41.2 Å². The van der Waals surface area contributed by atoms with Crippen LogP contribution in [0.25, 0.3) is 11.4 Å². The van der Waals surface area contributed by atoms with E-state index < -0.39 is 0 Å². The zero-order chi connectivity index (χ0) is 16.5.